The Morgan fingerprint density at radius 1 is 1.25 bits per heavy atom. The maximum atomic E-state index is 12.4. The smallest absolute Gasteiger partial charge is 0.284 e. The van der Waals surface area contributed by atoms with Crippen LogP contribution in [-0.2, 0) is 11.3 Å². The molecule has 2 heterocycles. The van der Waals surface area contributed by atoms with Crippen LogP contribution in [0.4, 0.5) is 5.69 Å². The highest BCUT2D eigenvalue weighted by atomic mass is 16.5. The summed E-state index contributed by atoms with van der Waals surface area (Å²) in [6.07, 6.45) is 1.30. The van der Waals surface area contributed by atoms with Gasteiger partial charge in [0, 0.05) is 5.39 Å². The highest BCUT2D eigenvalue weighted by molar-refractivity contribution is 5.95. The fourth-order valence-corrected chi connectivity index (χ4v) is 2.87. The summed E-state index contributed by atoms with van der Waals surface area (Å²) in [7, 11) is 1.52. The van der Waals surface area contributed by atoms with Gasteiger partial charge in [0.15, 0.2) is 5.69 Å². The number of hydrogen-bond acceptors (Lipinski definition) is 6. The number of carbonyl (C=O) groups is 1. The number of amides is 1. The Morgan fingerprint density at radius 3 is 2.89 bits per heavy atom. The molecular formula is C19H15N5O4. The van der Waals surface area contributed by atoms with Crippen molar-refractivity contribution in [3.63, 3.8) is 0 Å². The van der Waals surface area contributed by atoms with Crippen LogP contribution in [0.3, 0.4) is 0 Å². The molecule has 0 spiro atoms. The second-order valence-corrected chi connectivity index (χ2v) is 6.02. The average molecular weight is 377 g/mol. The number of nitrogens with zero attached hydrogens (tertiary/aromatic N) is 4. The second kappa shape index (κ2) is 6.95. The van der Waals surface area contributed by atoms with Gasteiger partial charge in [0.25, 0.3) is 11.5 Å². The van der Waals surface area contributed by atoms with E-state index in [-0.39, 0.29) is 23.7 Å². The first-order valence-corrected chi connectivity index (χ1v) is 8.34. The highest BCUT2D eigenvalue weighted by Gasteiger charge is 2.13. The largest absolute Gasteiger partial charge is 0.497 e. The Labute approximate surface area is 157 Å². The topological polar surface area (TPSA) is 122 Å². The number of rotatable bonds is 4. The van der Waals surface area contributed by atoms with Crippen molar-refractivity contribution < 1.29 is 14.6 Å². The molecule has 0 saturated carbocycles. The lowest BCUT2D eigenvalue weighted by Gasteiger charge is -2.03. The van der Waals surface area contributed by atoms with E-state index < -0.39 is 5.91 Å². The molecule has 0 unspecified atom stereocenters. The van der Waals surface area contributed by atoms with Gasteiger partial charge in [-0.15, -0.1) is 10.2 Å². The van der Waals surface area contributed by atoms with Crippen molar-refractivity contribution >= 4 is 33.4 Å². The van der Waals surface area contributed by atoms with Crippen molar-refractivity contribution in [3.05, 3.63) is 59.1 Å². The van der Waals surface area contributed by atoms with E-state index in [1.165, 1.54) is 18.0 Å². The number of aromatic nitrogens is 3. The SMILES string of the molecule is COc1ccc2[nH]c(O)c(N=NC(=O)Cn3cnc4ccccc4c3=O)c2c1. The van der Waals surface area contributed by atoms with Crippen molar-refractivity contribution in [2.75, 3.05) is 7.11 Å². The Bertz CT molecular complexity index is 1290. The molecule has 0 aliphatic carbocycles. The molecule has 0 aliphatic heterocycles. The summed E-state index contributed by atoms with van der Waals surface area (Å²) in [5.41, 5.74) is 0.949. The second-order valence-electron chi connectivity index (χ2n) is 6.02. The maximum absolute atomic E-state index is 12.4. The van der Waals surface area contributed by atoms with Gasteiger partial charge in [0.05, 0.1) is 29.9 Å². The van der Waals surface area contributed by atoms with Gasteiger partial charge in [0.1, 0.15) is 12.3 Å². The molecule has 0 bridgehead atoms. The normalized spacial score (nSPS) is 11.5. The molecule has 0 radical (unpaired) electrons. The number of carbonyl (C=O) groups excluding carboxylic acids is 1. The van der Waals surface area contributed by atoms with Gasteiger partial charge >= 0.3 is 0 Å². The molecule has 4 aromatic rings. The molecule has 0 fully saturated rings. The molecule has 2 N–H and O–H groups in total. The highest BCUT2D eigenvalue weighted by Crippen LogP contribution is 2.37. The summed E-state index contributed by atoms with van der Waals surface area (Å²) in [5, 5.41) is 18.5. The number of nitrogens with one attached hydrogen (secondary N) is 1. The predicted octanol–water partition coefficient (Wildman–Crippen LogP) is 2.90. The number of ether oxygens (including phenoxy) is 1. The van der Waals surface area contributed by atoms with Crippen LogP contribution in [0.25, 0.3) is 21.8 Å². The van der Waals surface area contributed by atoms with Gasteiger partial charge < -0.3 is 14.8 Å². The van der Waals surface area contributed by atoms with E-state index in [2.05, 4.69) is 20.2 Å². The number of hydrogen-bond donors (Lipinski definition) is 2. The van der Waals surface area contributed by atoms with Crippen LogP contribution >= 0.6 is 0 Å². The molecule has 0 atom stereocenters. The molecule has 140 valence electrons. The van der Waals surface area contributed by atoms with Gasteiger partial charge in [-0.1, -0.05) is 12.1 Å². The first-order valence-electron chi connectivity index (χ1n) is 8.34. The van der Waals surface area contributed by atoms with Crippen LogP contribution in [0.2, 0.25) is 0 Å². The van der Waals surface area contributed by atoms with E-state index in [9.17, 15) is 14.7 Å². The fraction of sp³-hybridized carbons (Fsp3) is 0.105. The van der Waals surface area contributed by atoms with Crippen LogP contribution < -0.4 is 10.3 Å². The average Bonchev–Trinajstić information content (AvgIpc) is 3.02. The minimum absolute atomic E-state index is 0.117. The van der Waals surface area contributed by atoms with E-state index in [4.69, 9.17) is 4.74 Å². The summed E-state index contributed by atoms with van der Waals surface area (Å²) >= 11 is 0. The molecule has 2 aromatic heterocycles. The number of azo groups is 1. The quantitative estimate of drug-likeness (QED) is 0.530. The predicted molar refractivity (Wildman–Crippen MR) is 102 cm³/mol. The number of methoxy groups -OCH3 is 1. The van der Waals surface area contributed by atoms with Crippen LogP contribution in [0, 0.1) is 0 Å². The van der Waals surface area contributed by atoms with Crippen molar-refractivity contribution in [1.82, 2.24) is 14.5 Å². The molecule has 1 amide bonds. The van der Waals surface area contributed by atoms with Crippen molar-refractivity contribution in [3.8, 4) is 11.6 Å². The van der Waals surface area contributed by atoms with E-state index >= 15 is 0 Å². The zero-order valence-electron chi connectivity index (χ0n) is 14.8. The number of para-hydroxylation sites is 1. The van der Waals surface area contributed by atoms with Gasteiger partial charge in [-0.3, -0.25) is 14.2 Å². The summed E-state index contributed by atoms with van der Waals surface area (Å²) in [5.74, 6) is -0.303. The van der Waals surface area contributed by atoms with Crippen LogP contribution in [-0.4, -0.2) is 32.7 Å². The Hall–Kier alpha value is -4.01. The van der Waals surface area contributed by atoms with Gasteiger partial charge in [-0.05, 0) is 30.3 Å². The van der Waals surface area contributed by atoms with Gasteiger partial charge in [-0.25, -0.2) is 4.98 Å². The lowest BCUT2D eigenvalue weighted by atomic mass is 10.2. The van der Waals surface area contributed by atoms with Crippen molar-refractivity contribution in [2.45, 2.75) is 6.54 Å². The monoisotopic (exact) mass is 377 g/mol. The molecule has 0 saturated heterocycles. The third kappa shape index (κ3) is 3.09. The molecule has 9 nitrogen and oxygen atoms in total. The Morgan fingerprint density at radius 2 is 2.07 bits per heavy atom. The number of benzene rings is 2. The molecule has 9 heteroatoms. The lowest BCUT2D eigenvalue weighted by Crippen LogP contribution is -2.23. The zero-order valence-corrected chi connectivity index (χ0v) is 14.8. The minimum atomic E-state index is -0.657. The first-order chi connectivity index (χ1) is 13.6. The number of aromatic hydroxyl groups is 1. The summed E-state index contributed by atoms with van der Waals surface area (Å²) in [4.78, 5) is 31.5. The minimum Gasteiger partial charge on any atom is -0.497 e. The van der Waals surface area contributed by atoms with E-state index in [1.54, 1.807) is 42.5 Å². The Kier molecular flexibility index (Phi) is 4.32. The third-order valence-electron chi connectivity index (χ3n) is 4.26. The maximum Gasteiger partial charge on any atom is 0.284 e. The number of aromatic amines is 1. The summed E-state index contributed by atoms with van der Waals surface area (Å²) in [6.45, 7) is -0.313. The van der Waals surface area contributed by atoms with Crippen LogP contribution in [0.15, 0.2) is 63.8 Å². The van der Waals surface area contributed by atoms with Crippen molar-refractivity contribution in [2.24, 2.45) is 10.2 Å². The van der Waals surface area contributed by atoms with Gasteiger partial charge in [-0.2, -0.15) is 0 Å². The van der Waals surface area contributed by atoms with Gasteiger partial charge in [0.2, 0.25) is 5.88 Å². The standard InChI is InChI=1S/C19H15N5O4/c1-28-11-6-7-15-13(8-11)17(18(26)21-15)23-22-16(25)9-24-10-20-14-5-3-2-4-12(14)19(24)27/h2-8,10,21,26H,9H2,1H3. The molecule has 2 aromatic carbocycles. The van der Waals surface area contributed by atoms with E-state index in [0.717, 1.165) is 0 Å². The number of H-pyrrole nitrogens is 1. The van der Waals surface area contributed by atoms with E-state index in [1.807, 2.05) is 0 Å². The van der Waals surface area contributed by atoms with Crippen molar-refractivity contribution in [1.29, 1.82) is 0 Å². The summed E-state index contributed by atoms with van der Waals surface area (Å²) < 4.78 is 6.33. The summed E-state index contributed by atoms with van der Waals surface area (Å²) in [6, 6.07) is 12.0. The van der Waals surface area contributed by atoms with Crippen LogP contribution in [0.5, 0.6) is 11.6 Å². The molecule has 4 rings (SSSR count). The first kappa shape index (κ1) is 17.4. The Balaban J connectivity index is 1.62. The van der Waals surface area contributed by atoms with E-state index in [0.29, 0.717) is 27.6 Å². The third-order valence-corrected chi connectivity index (χ3v) is 4.26. The van der Waals surface area contributed by atoms with Crippen LogP contribution in [0.1, 0.15) is 0 Å². The zero-order chi connectivity index (χ0) is 19.7. The number of fused-ring (bicyclic) bond motifs is 2. The lowest BCUT2D eigenvalue weighted by molar-refractivity contribution is -0.118. The molecular weight excluding hydrogens is 362 g/mol. The molecule has 0 aliphatic rings. The fourth-order valence-electron chi connectivity index (χ4n) is 2.87. The molecule has 28 heavy (non-hydrogen) atoms.